The maximum Gasteiger partial charge on any atom is 0.0723 e. The molecule has 0 aliphatic heterocycles. The van der Waals surface area contributed by atoms with E-state index in [1.165, 1.54) is 6.20 Å². The monoisotopic (exact) mass is 183 g/mol. The number of nitrogens with zero attached hydrogens (tertiary/aromatic N) is 1. The highest BCUT2D eigenvalue weighted by Crippen LogP contribution is 2.10. The third-order valence-corrected chi connectivity index (χ3v) is 1.57. The molecular weight excluding hydrogens is 170 g/mol. The molecule has 1 aromatic rings. The Morgan fingerprint density at radius 1 is 1.38 bits per heavy atom. The number of hydrogen-bond donors (Lipinski definition) is 4. The zero-order chi connectivity index (χ0) is 9.68. The second-order valence-corrected chi connectivity index (χ2v) is 2.71. The Morgan fingerprint density at radius 3 is 2.62 bits per heavy atom. The van der Waals surface area contributed by atoms with Crippen LogP contribution in [0.4, 0.5) is 11.4 Å². The molecule has 5 heteroatoms. The number of rotatable bonds is 4. The lowest BCUT2D eigenvalue weighted by Gasteiger charge is -2.14. The van der Waals surface area contributed by atoms with Crippen molar-refractivity contribution in [3.05, 3.63) is 18.5 Å². The molecule has 0 saturated heterocycles. The molecule has 0 atom stereocenters. The number of aliphatic hydroxyl groups is 2. The molecule has 0 bridgehead atoms. The zero-order valence-electron chi connectivity index (χ0n) is 7.14. The highest BCUT2D eigenvalue weighted by Gasteiger charge is 2.04. The second-order valence-electron chi connectivity index (χ2n) is 2.71. The first-order chi connectivity index (χ1) is 6.26. The Labute approximate surface area is 76.2 Å². The molecule has 0 radical (unpaired) electrons. The van der Waals surface area contributed by atoms with Gasteiger partial charge in [0.05, 0.1) is 36.8 Å². The van der Waals surface area contributed by atoms with Crippen LogP contribution >= 0.6 is 0 Å². The van der Waals surface area contributed by atoms with Crippen LogP contribution in [0, 0.1) is 0 Å². The van der Waals surface area contributed by atoms with E-state index in [2.05, 4.69) is 10.3 Å². The van der Waals surface area contributed by atoms with E-state index in [4.69, 9.17) is 15.9 Å². The number of nitrogens with one attached hydrogen (secondary N) is 1. The van der Waals surface area contributed by atoms with E-state index in [9.17, 15) is 0 Å². The molecule has 5 nitrogen and oxygen atoms in total. The quantitative estimate of drug-likeness (QED) is 0.501. The number of anilines is 2. The standard InChI is InChI=1S/C8H13N3O2/c9-6-1-7(3-10-2-6)11-8(4-12)5-13/h1-3,8,11-13H,4-5,9H2. The Bertz CT molecular complexity index is 263. The molecule has 1 aromatic heterocycles. The van der Waals surface area contributed by atoms with Crippen LogP contribution in [0.15, 0.2) is 18.5 Å². The van der Waals surface area contributed by atoms with E-state index in [0.29, 0.717) is 11.4 Å². The minimum Gasteiger partial charge on any atom is -0.397 e. The van der Waals surface area contributed by atoms with Gasteiger partial charge in [-0.25, -0.2) is 0 Å². The number of aliphatic hydroxyl groups excluding tert-OH is 2. The zero-order valence-corrected chi connectivity index (χ0v) is 7.14. The van der Waals surface area contributed by atoms with Crippen LogP contribution in [0.2, 0.25) is 0 Å². The van der Waals surface area contributed by atoms with Gasteiger partial charge in [-0.15, -0.1) is 0 Å². The van der Waals surface area contributed by atoms with E-state index in [1.54, 1.807) is 12.3 Å². The summed E-state index contributed by atoms with van der Waals surface area (Å²) < 4.78 is 0. The number of nitrogen functional groups attached to an aromatic ring is 1. The summed E-state index contributed by atoms with van der Waals surface area (Å²) in [6.45, 7) is -0.267. The summed E-state index contributed by atoms with van der Waals surface area (Å²) in [5.74, 6) is 0. The maximum absolute atomic E-state index is 8.78. The molecule has 72 valence electrons. The van der Waals surface area contributed by atoms with E-state index >= 15 is 0 Å². The lowest BCUT2D eigenvalue weighted by atomic mass is 10.3. The van der Waals surface area contributed by atoms with Gasteiger partial charge in [-0.3, -0.25) is 4.98 Å². The van der Waals surface area contributed by atoms with Gasteiger partial charge in [0.1, 0.15) is 0 Å². The SMILES string of the molecule is Nc1cncc(NC(CO)CO)c1. The van der Waals surface area contributed by atoms with Gasteiger partial charge in [-0.05, 0) is 6.07 Å². The minimum atomic E-state index is -0.372. The average molecular weight is 183 g/mol. The van der Waals surface area contributed by atoms with Gasteiger partial charge in [0.25, 0.3) is 0 Å². The van der Waals surface area contributed by atoms with E-state index in [0.717, 1.165) is 0 Å². The molecule has 13 heavy (non-hydrogen) atoms. The molecule has 0 fully saturated rings. The largest absolute Gasteiger partial charge is 0.397 e. The molecular formula is C8H13N3O2. The van der Waals surface area contributed by atoms with Gasteiger partial charge in [-0.2, -0.15) is 0 Å². The summed E-state index contributed by atoms with van der Waals surface area (Å²) in [5.41, 5.74) is 6.72. The van der Waals surface area contributed by atoms with Crippen LogP contribution in [0.5, 0.6) is 0 Å². The third kappa shape index (κ3) is 2.89. The summed E-state index contributed by atoms with van der Waals surface area (Å²) in [4.78, 5) is 3.86. The van der Waals surface area contributed by atoms with Crippen molar-refractivity contribution >= 4 is 11.4 Å². The predicted molar refractivity (Wildman–Crippen MR) is 50.2 cm³/mol. The first kappa shape index (κ1) is 9.76. The van der Waals surface area contributed by atoms with Crippen molar-refractivity contribution in [3.63, 3.8) is 0 Å². The van der Waals surface area contributed by atoms with Gasteiger partial charge >= 0.3 is 0 Å². The summed E-state index contributed by atoms with van der Waals surface area (Å²) in [6, 6.07) is 1.31. The lowest BCUT2D eigenvalue weighted by molar-refractivity contribution is 0.204. The van der Waals surface area contributed by atoms with Crippen LogP contribution < -0.4 is 11.1 Å². The molecule has 0 spiro atoms. The number of nitrogens with two attached hydrogens (primary N) is 1. The second kappa shape index (κ2) is 4.64. The van der Waals surface area contributed by atoms with Crippen LogP contribution in [-0.4, -0.2) is 34.5 Å². The predicted octanol–water partition coefficient (Wildman–Crippen LogP) is -0.571. The third-order valence-electron chi connectivity index (χ3n) is 1.57. The number of aromatic nitrogens is 1. The topological polar surface area (TPSA) is 91.4 Å². The van der Waals surface area contributed by atoms with Crippen molar-refractivity contribution in [1.82, 2.24) is 4.98 Å². The van der Waals surface area contributed by atoms with Crippen LogP contribution in [0.25, 0.3) is 0 Å². The van der Waals surface area contributed by atoms with Crippen molar-refractivity contribution in [1.29, 1.82) is 0 Å². The Hall–Kier alpha value is -1.33. The fourth-order valence-electron chi connectivity index (χ4n) is 0.921. The molecule has 5 N–H and O–H groups in total. The first-order valence-electron chi connectivity index (χ1n) is 3.95. The van der Waals surface area contributed by atoms with Gasteiger partial charge in [0.2, 0.25) is 0 Å². The highest BCUT2D eigenvalue weighted by atomic mass is 16.3. The molecule has 1 rings (SSSR count). The molecule has 0 amide bonds. The fourth-order valence-corrected chi connectivity index (χ4v) is 0.921. The summed E-state index contributed by atoms with van der Waals surface area (Å²) in [6.07, 6.45) is 3.10. The fraction of sp³-hybridized carbons (Fsp3) is 0.375. The molecule has 0 aliphatic rings. The van der Waals surface area contributed by atoms with Gasteiger partial charge in [0.15, 0.2) is 0 Å². The van der Waals surface area contributed by atoms with Crippen LogP contribution in [-0.2, 0) is 0 Å². The summed E-state index contributed by atoms with van der Waals surface area (Å²) in [5, 5.41) is 20.4. The Balaban J connectivity index is 2.62. The lowest BCUT2D eigenvalue weighted by Crippen LogP contribution is -2.27. The highest BCUT2D eigenvalue weighted by molar-refractivity contribution is 5.51. The smallest absolute Gasteiger partial charge is 0.0723 e. The van der Waals surface area contributed by atoms with Gasteiger partial charge < -0.3 is 21.3 Å². The van der Waals surface area contributed by atoms with E-state index in [-0.39, 0.29) is 19.3 Å². The maximum atomic E-state index is 8.78. The molecule has 0 unspecified atom stereocenters. The average Bonchev–Trinajstić information content (AvgIpc) is 2.14. The van der Waals surface area contributed by atoms with Crippen LogP contribution in [0.1, 0.15) is 0 Å². The molecule has 0 aliphatic carbocycles. The molecule has 0 aromatic carbocycles. The van der Waals surface area contributed by atoms with Crippen LogP contribution in [0.3, 0.4) is 0 Å². The molecule has 0 saturated carbocycles. The minimum absolute atomic E-state index is 0.134. The van der Waals surface area contributed by atoms with E-state index in [1.807, 2.05) is 0 Å². The van der Waals surface area contributed by atoms with Gasteiger partial charge in [-0.1, -0.05) is 0 Å². The number of pyridine rings is 1. The Kier molecular flexibility index (Phi) is 3.48. The first-order valence-corrected chi connectivity index (χ1v) is 3.95. The van der Waals surface area contributed by atoms with Crippen molar-refractivity contribution in [3.8, 4) is 0 Å². The summed E-state index contributed by atoms with van der Waals surface area (Å²) >= 11 is 0. The van der Waals surface area contributed by atoms with Crippen molar-refractivity contribution in [2.75, 3.05) is 24.3 Å². The van der Waals surface area contributed by atoms with E-state index < -0.39 is 0 Å². The van der Waals surface area contributed by atoms with Gasteiger partial charge in [0, 0.05) is 6.20 Å². The normalized spacial score (nSPS) is 10.4. The molecule has 1 heterocycles. The van der Waals surface area contributed by atoms with Crippen molar-refractivity contribution in [2.24, 2.45) is 0 Å². The Morgan fingerprint density at radius 2 is 2.08 bits per heavy atom. The number of hydrogen-bond acceptors (Lipinski definition) is 5. The van der Waals surface area contributed by atoms with Crippen molar-refractivity contribution < 1.29 is 10.2 Å². The van der Waals surface area contributed by atoms with Crippen molar-refractivity contribution in [2.45, 2.75) is 6.04 Å². The summed E-state index contributed by atoms with van der Waals surface area (Å²) in [7, 11) is 0.